The van der Waals surface area contributed by atoms with Gasteiger partial charge in [-0.2, -0.15) is 0 Å². The molecule has 2 aromatic carbocycles. The molecular formula is C21H25N3O4S. The molecule has 0 spiro atoms. The maximum absolute atomic E-state index is 12.6. The van der Waals surface area contributed by atoms with Crippen molar-refractivity contribution in [2.45, 2.75) is 13.3 Å². The Morgan fingerprint density at radius 3 is 2.59 bits per heavy atom. The zero-order valence-corrected chi connectivity index (χ0v) is 17.3. The molecule has 0 bridgehead atoms. The van der Waals surface area contributed by atoms with Gasteiger partial charge in [-0.15, -0.1) is 0 Å². The van der Waals surface area contributed by atoms with Gasteiger partial charge in [0.15, 0.2) is 5.11 Å². The fraction of sp³-hybridized carbons (Fsp3) is 0.286. The van der Waals surface area contributed by atoms with Gasteiger partial charge in [-0.1, -0.05) is 25.1 Å². The van der Waals surface area contributed by atoms with Gasteiger partial charge in [-0.3, -0.25) is 14.9 Å². The second-order valence-corrected chi connectivity index (χ2v) is 6.49. The van der Waals surface area contributed by atoms with Crippen LogP contribution in [0.3, 0.4) is 0 Å². The molecule has 8 heteroatoms. The van der Waals surface area contributed by atoms with Crippen LogP contribution in [-0.4, -0.2) is 43.8 Å². The lowest BCUT2D eigenvalue weighted by Crippen LogP contribution is -2.34. The molecule has 3 N–H and O–H groups in total. The third-order valence-corrected chi connectivity index (χ3v) is 4.03. The third-order valence-electron chi connectivity index (χ3n) is 3.82. The maximum Gasteiger partial charge on any atom is 0.261 e. The quantitative estimate of drug-likeness (QED) is 0.431. The van der Waals surface area contributed by atoms with Crippen LogP contribution in [0.1, 0.15) is 34.1 Å². The lowest BCUT2D eigenvalue weighted by atomic mass is 10.2. The van der Waals surface area contributed by atoms with Crippen LogP contribution in [0.4, 0.5) is 5.69 Å². The van der Waals surface area contributed by atoms with E-state index < -0.39 is 5.91 Å². The first-order valence-corrected chi connectivity index (χ1v) is 9.67. The first-order valence-electron chi connectivity index (χ1n) is 9.26. The molecule has 0 unspecified atom stereocenters. The molecular weight excluding hydrogens is 390 g/mol. The van der Waals surface area contributed by atoms with Gasteiger partial charge in [0.05, 0.1) is 12.2 Å². The number of thiocarbonyl (C=S) groups is 1. The number of hydrogen-bond donors (Lipinski definition) is 3. The average molecular weight is 416 g/mol. The third kappa shape index (κ3) is 7.17. The van der Waals surface area contributed by atoms with Gasteiger partial charge in [0.25, 0.3) is 11.8 Å². The summed E-state index contributed by atoms with van der Waals surface area (Å²) in [5.41, 5.74) is 1.47. The van der Waals surface area contributed by atoms with Crippen molar-refractivity contribution in [2.75, 3.05) is 32.2 Å². The number of rotatable bonds is 9. The molecule has 0 atom stereocenters. The first kappa shape index (κ1) is 22.3. The van der Waals surface area contributed by atoms with Crippen LogP contribution < -0.4 is 20.7 Å². The SMILES string of the molecule is CCCNC(=O)c1cccc(NC(=S)NC(=O)c2ccccc2OCCOC)c1. The lowest BCUT2D eigenvalue weighted by molar-refractivity contribution is 0.0950. The Kier molecular flexibility index (Phi) is 9.07. The standard InChI is InChI=1S/C21H25N3O4S/c1-3-11-22-19(25)15-7-6-8-16(14-15)23-21(29)24-20(26)17-9-4-5-10-18(17)28-13-12-27-2/h4-10,14H,3,11-13H2,1-2H3,(H,22,25)(H2,23,24,26,29). The highest BCUT2D eigenvalue weighted by molar-refractivity contribution is 7.80. The summed E-state index contributed by atoms with van der Waals surface area (Å²) in [6.45, 7) is 3.34. The van der Waals surface area contributed by atoms with Gasteiger partial charge in [0, 0.05) is 24.9 Å². The van der Waals surface area contributed by atoms with Crippen molar-refractivity contribution in [3.63, 3.8) is 0 Å². The highest BCUT2D eigenvalue weighted by Crippen LogP contribution is 2.18. The van der Waals surface area contributed by atoms with Gasteiger partial charge >= 0.3 is 0 Å². The molecule has 0 aliphatic heterocycles. The van der Waals surface area contributed by atoms with Crippen LogP contribution in [0, 0.1) is 0 Å². The molecule has 0 saturated heterocycles. The van der Waals surface area contributed by atoms with E-state index in [4.69, 9.17) is 21.7 Å². The van der Waals surface area contributed by atoms with Crippen LogP contribution in [0.25, 0.3) is 0 Å². The number of anilines is 1. The maximum atomic E-state index is 12.6. The van der Waals surface area contributed by atoms with E-state index in [1.807, 2.05) is 6.92 Å². The fourth-order valence-corrected chi connectivity index (χ4v) is 2.64. The van der Waals surface area contributed by atoms with Crippen molar-refractivity contribution in [1.82, 2.24) is 10.6 Å². The minimum Gasteiger partial charge on any atom is -0.490 e. The molecule has 2 amide bonds. The Morgan fingerprint density at radius 1 is 1.03 bits per heavy atom. The number of ether oxygens (including phenoxy) is 2. The smallest absolute Gasteiger partial charge is 0.261 e. The first-order chi connectivity index (χ1) is 14.0. The van der Waals surface area contributed by atoms with E-state index in [1.54, 1.807) is 55.6 Å². The van der Waals surface area contributed by atoms with Gasteiger partial charge in [-0.05, 0) is 49.0 Å². The Morgan fingerprint density at radius 2 is 1.83 bits per heavy atom. The summed E-state index contributed by atoms with van der Waals surface area (Å²) in [4.78, 5) is 24.7. The van der Waals surface area contributed by atoms with Crippen molar-refractivity contribution >= 4 is 34.8 Å². The van der Waals surface area contributed by atoms with Crippen LogP contribution >= 0.6 is 12.2 Å². The molecule has 0 aromatic heterocycles. The summed E-state index contributed by atoms with van der Waals surface area (Å²) in [6.07, 6.45) is 0.858. The molecule has 29 heavy (non-hydrogen) atoms. The zero-order valence-electron chi connectivity index (χ0n) is 16.5. The Balaban J connectivity index is 1.99. The minimum atomic E-state index is -0.396. The van der Waals surface area contributed by atoms with Gasteiger partial charge in [0.1, 0.15) is 12.4 Å². The predicted octanol–water partition coefficient (Wildman–Crippen LogP) is 2.98. The summed E-state index contributed by atoms with van der Waals surface area (Å²) >= 11 is 5.24. The Hall–Kier alpha value is -2.97. The summed E-state index contributed by atoms with van der Waals surface area (Å²) in [5.74, 6) is -0.112. The zero-order chi connectivity index (χ0) is 21.1. The lowest BCUT2D eigenvalue weighted by Gasteiger charge is -2.13. The van der Waals surface area contributed by atoms with Crippen molar-refractivity contribution in [1.29, 1.82) is 0 Å². The molecule has 154 valence electrons. The number of nitrogens with one attached hydrogen (secondary N) is 3. The Labute approximate surface area is 175 Å². The predicted molar refractivity (Wildman–Crippen MR) is 117 cm³/mol. The molecule has 0 fully saturated rings. The molecule has 7 nitrogen and oxygen atoms in total. The van der Waals surface area contributed by atoms with Crippen molar-refractivity contribution in [3.8, 4) is 5.75 Å². The summed E-state index contributed by atoms with van der Waals surface area (Å²) in [5, 5.41) is 8.49. The normalized spacial score (nSPS) is 10.1. The minimum absolute atomic E-state index is 0.118. The van der Waals surface area contributed by atoms with E-state index in [9.17, 15) is 9.59 Å². The number of carbonyl (C=O) groups is 2. The monoisotopic (exact) mass is 415 g/mol. The van der Waals surface area contributed by atoms with Crippen LogP contribution in [0.15, 0.2) is 48.5 Å². The summed E-state index contributed by atoms with van der Waals surface area (Å²) in [6, 6.07) is 13.8. The number of methoxy groups -OCH3 is 1. The summed E-state index contributed by atoms with van der Waals surface area (Å²) in [7, 11) is 1.58. The molecule has 0 aliphatic rings. The number of benzene rings is 2. The highest BCUT2D eigenvalue weighted by Gasteiger charge is 2.14. The van der Waals surface area contributed by atoms with Crippen LogP contribution in [0.2, 0.25) is 0 Å². The van der Waals surface area contributed by atoms with E-state index in [2.05, 4.69) is 16.0 Å². The average Bonchev–Trinajstić information content (AvgIpc) is 2.72. The molecule has 0 aliphatic carbocycles. The fourth-order valence-electron chi connectivity index (χ4n) is 2.43. The molecule has 0 heterocycles. The second kappa shape index (κ2) is 11.8. The van der Waals surface area contributed by atoms with Crippen LogP contribution in [0.5, 0.6) is 5.75 Å². The highest BCUT2D eigenvalue weighted by atomic mass is 32.1. The van der Waals surface area contributed by atoms with E-state index >= 15 is 0 Å². The van der Waals surface area contributed by atoms with Gasteiger partial charge < -0.3 is 20.1 Å². The van der Waals surface area contributed by atoms with Crippen LogP contribution in [-0.2, 0) is 4.74 Å². The molecule has 2 rings (SSSR count). The van der Waals surface area contributed by atoms with Crippen molar-refractivity contribution in [2.24, 2.45) is 0 Å². The van der Waals surface area contributed by atoms with E-state index in [1.165, 1.54) is 0 Å². The van der Waals surface area contributed by atoms with E-state index in [0.29, 0.717) is 42.3 Å². The molecule has 0 radical (unpaired) electrons. The number of hydrogen-bond acceptors (Lipinski definition) is 5. The van der Waals surface area contributed by atoms with Crippen molar-refractivity contribution < 1.29 is 19.1 Å². The van der Waals surface area contributed by atoms with Gasteiger partial charge in [-0.25, -0.2) is 0 Å². The largest absolute Gasteiger partial charge is 0.490 e. The van der Waals surface area contributed by atoms with Crippen molar-refractivity contribution in [3.05, 3.63) is 59.7 Å². The number of amides is 2. The van der Waals surface area contributed by atoms with E-state index in [0.717, 1.165) is 6.42 Å². The summed E-state index contributed by atoms with van der Waals surface area (Å²) < 4.78 is 10.5. The number of para-hydroxylation sites is 1. The molecule has 0 saturated carbocycles. The topological polar surface area (TPSA) is 88.7 Å². The molecule has 2 aromatic rings. The van der Waals surface area contributed by atoms with E-state index in [-0.39, 0.29) is 11.0 Å². The number of carbonyl (C=O) groups excluding carboxylic acids is 2. The van der Waals surface area contributed by atoms with Gasteiger partial charge in [0.2, 0.25) is 0 Å². The second-order valence-electron chi connectivity index (χ2n) is 6.08. The Bertz CT molecular complexity index is 857.